The van der Waals surface area contributed by atoms with Crippen molar-refractivity contribution >= 4 is 11.6 Å². The minimum atomic E-state index is 0.422. The van der Waals surface area contributed by atoms with Gasteiger partial charge >= 0.3 is 0 Å². The Morgan fingerprint density at radius 2 is 2.14 bits per heavy atom. The second kappa shape index (κ2) is 5.50. The maximum absolute atomic E-state index is 8.74. The molecule has 1 saturated heterocycles. The van der Waals surface area contributed by atoms with Crippen molar-refractivity contribution < 1.29 is 0 Å². The molecule has 1 fully saturated rings. The molecule has 1 unspecified atom stereocenters. The summed E-state index contributed by atoms with van der Waals surface area (Å²) in [6.07, 6.45) is 6.12. The van der Waals surface area contributed by atoms with Gasteiger partial charge in [-0.1, -0.05) is 0 Å². The van der Waals surface area contributed by atoms with E-state index < -0.39 is 0 Å². The molecule has 108 valence electrons. The van der Waals surface area contributed by atoms with Crippen LogP contribution < -0.4 is 5.32 Å². The molecule has 2 aromatic heterocycles. The van der Waals surface area contributed by atoms with E-state index in [-0.39, 0.29) is 0 Å². The third kappa shape index (κ3) is 2.85. The zero-order valence-electron chi connectivity index (χ0n) is 12.1. The molecule has 1 atom stereocenters. The van der Waals surface area contributed by atoms with Crippen molar-refractivity contribution in [2.45, 2.75) is 19.4 Å². The van der Waals surface area contributed by atoms with Gasteiger partial charge in [0.05, 0.1) is 35.4 Å². The Kier molecular flexibility index (Phi) is 3.54. The average Bonchev–Trinajstić information content (AvgIpc) is 3.07. The molecule has 1 aliphatic rings. The van der Waals surface area contributed by atoms with Gasteiger partial charge in [-0.05, 0) is 26.9 Å². The lowest BCUT2D eigenvalue weighted by atomic mass is 10.3. The summed E-state index contributed by atoms with van der Waals surface area (Å²) < 4.78 is 2.02. The molecule has 1 aliphatic heterocycles. The number of aromatic nitrogens is 4. The van der Waals surface area contributed by atoms with E-state index in [0.29, 0.717) is 17.6 Å². The summed E-state index contributed by atoms with van der Waals surface area (Å²) in [5.41, 5.74) is 2.26. The molecule has 0 radical (unpaired) electrons. The third-order valence-corrected chi connectivity index (χ3v) is 3.68. The molecule has 21 heavy (non-hydrogen) atoms. The van der Waals surface area contributed by atoms with Gasteiger partial charge in [0.15, 0.2) is 0 Å². The van der Waals surface area contributed by atoms with E-state index >= 15 is 0 Å². The Morgan fingerprint density at radius 1 is 1.38 bits per heavy atom. The Labute approximate surface area is 123 Å². The predicted molar refractivity (Wildman–Crippen MR) is 78.1 cm³/mol. The van der Waals surface area contributed by atoms with Gasteiger partial charge < -0.3 is 10.2 Å². The quantitative estimate of drug-likeness (QED) is 0.918. The summed E-state index contributed by atoms with van der Waals surface area (Å²) in [5.74, 6) is 0.472. The summed E-state index contributed by atoms with van der Waals surface area (Å²) in [7, 11) is 2.13. The van der Waals surface area contributed by atoms with Gasteiger partial charge in [-0.25, -0.2) is 9.97 Å². The molecule has 0 bridgehead atoms. The summed E-state index contributed by atoms with van der Waals surface area (Å²) in [5, 5.41) is 16.5. The van der Waals surface area contributed by atoms with Crippen LogP contribution >= 0.6 is 0 Å². The Balaban J connectivity index is 1.76. The van der Waals surface area contributed by atoms with Crippen molar-refractivity contribution in [2.75, 3.05) is 25.5 Å². The van der Waals surface area contributed by atoms with Crippen LogP contribution in [0, 0.1) is 18.3 Å². The molecule has 3 rings (SSSR count). The fraction of sp³-hybridized carbons (Fsp3) is 0.429. The van der Waals surface area contributed by atoms with Gasteiger partial charge in [0.1, 0.15) is 6.07 Å². The molecule has 3 heterocycles. The van der Waals surface area contributed by atoms with Crippen LogP contribution in [0.25, 0.3) is 0 Å². The van der Waals surface area contributed by atoms with Gasteiger partial charge in [-0.3, -0.25) is 4.68 Å². The summed E-state index contributed by atoms with van der Waals surface area (Å²) in [4.78, 5) is 10.5. The van der Waals surface area contributed by atoms with Gasteiger partial charge in [0, 0.05) is 12.7 Å². The average molecular weight is 283 g/mol. The van der Waals surface area contributed by atoms with E-state index in [1.807, 2.05) is 23.9 Å². The highest BCUT2D eigenvalue weighted by atomic mass is 15.3. The van der Waals surface area contributed by atoms with Crippen LogP contribution in [0.4, 0.5) is 11.6 Å². The van der Waals surface area contributed by atoms with Gasteiger partial charge in [0.25, 0.3) is 0 Å². The summed E-state index contributed by atoms with van der Waals surface area (Å²) >= 11 is 0. The minimum Gasteiger partial charge on any atom is -0.321 e. The van der Waals surface area contributed by atoms with Crippen molar-refractivity contribution in [3.8, 4) is 6.07 Å². The van der Waals surface area contributed by atoms with Crippen LogP contribution in [0.1, 0.15) is 23.7 Å². The Hall–Kier alpha value is -2.46. The largest absolute Gasteiger partial charge is 0.321 e. The second-order valence-corrected chi connectivity index (χ2v) is 5.35. The molecule has 7 heteroatoms. The number of aryl methyl sites for hydroxylation is 1. The van der Waals surface area contributed by atoms with Crippen LogP contribution in [-0.4, -0.2) is 44.8 Å². The first-order valence-electron chi connectivity index (χ1n) is 6.89. The number of nitrogens with zero attached hydrogens (tertiary/aromatic N) is 6. The maximum Gasteiger partial charge on any atom is 0.227 e. The molecule has 1 N–H and O–H groups in total. The smallest absolute Gasteiger partial charge is 0.227 e. The number of likely N-dealkylation sites (N-methyl/N-ethyl adjacent to an activating group) is 1. The van der Waals surface area contributed by atoms with E-state index in [4.69, 9.17) is 5.26 Å². The van der Waals surface area contributed by atoms with Crippen molar-refractivity contribution in [1.29, 1.82) is 5.26 Å². The second-order valence-electron chi connectivity index (χ2n) is 5.35. The predicted octanol–water partition coefficient (Wildman–Crippen LogP) is 1.47. The van der Waals surface area contributed by atoms with E-state index in [2.05, 4.69) is 32.3 Å². The normalized spacial score (nSPS) is 18.6. The molecule has 0 saturated carbocycles. The number of nitriles is 1. The molecule has 7 nitrogen and oxygen atoms in total. The van der Waals surface area contributed by atoms with E-state index in [1.54, 1.807) is 0 Å². The van der Waals surface area contributed by atoms with Crippen molar-refractivity contribution in [1.82, 2.24) is 24.6 Å². The zero-order valence-corrected chi connectivity index (χ0v) is 12.1. The first-order chi connectivity index (χ1) is 10.2. The van der Waals surface area contributed by atoms with Gasteiger partial charge in [0.2, 0.25) is 5.95 Å². The number of hydrogen-bond donors (Lipinski definition) is 1. The number of likely N-dealkylation sites (tertiary alicyclic amines) is 1. The highest BCUT2D eigenvalue weighted by Crippen LogP contribution is 2.24. The maximum atomic E-state index is 8.74. The SMILES string of the molecule is Cc1nn(C2CCN(C)C2)cc1Nc1ncc(C#N)cn1. The van der Waals surface area contributed by atoms with Gasteiger partial charge in [-0.2, -0.15) is 10.4 Å². The zero-order chi connectivity index (χ0) is 14.8. The van der Waals surface area contributed by atoms with Crippen LogP contribution in [0.15, 0.2) is 18.6 Å². The highest BCUT2D eigenvalue weighted by molar-refractivity contribution is 5.55. The summed E-state index contributed by atoms with van der Waals surface area (Å²) in [6.45, 7) is 4.08. The van der Waals surface area contributed by atoms with E-state index in [9.17, 15) is 0 Å². The monoisotopic (exact) mass is 283 g/mol. The first-order valence-corrected chi connectivity index (χ1v) is 6.89. The lowest BCUT2D eigenvalue weighted by Crippen LogP contribution is -2.16. The fourth-order valence-corrected chi connectivity index (χ4v) is 2.49. The molecule has 0 aromatic carbocycles. The van der Waals surface area contributed by atoms with Crippen molar-refractivity contribution in [2.24, 2.45) is 0 Å². The number of anilines is 2. The number of nitrogens with one attached hydrogen (secondary N) is 1. The molecule has 2 aromatic rings. The van der Waals surface area contributed by atoms with Gasteiger partial charge in [-0.15, -0.1) is 0 Å². The van der Waals surface area contributed by atoms with Crippen LogP contribution in [0.5, 0.6) is 0 Å². The van der Waals surface area contributed by atoms with Crippen LogP contribution in [0.3, 0.4) is 0 Å². The highest BCUT2D eigenvalue weighted by Gasteiger charge is 2.22. The Morgan fingerprint density at radius 3 is 2.76 bits per heavy atom. The summed E-state index contributed by atoms with van der Waals surface area (Å²) in [6, 6.07) is 2.42. The van der Waals surface area contributed by atoms with Crippen molar-refractivity contribution in [3.05, 3.63) is 29.8 Å². The lowest BCUT2D eigenvalue weighted by Gasteiger charge is -2.10. The van der Waals surface area contributed by atoms with Crippen LogP contribution in [-0.2, 0) is 0 Å². The number of rotatable bonds is 3. The van der Waals surface area contributed by atoms with Crippen molar-refractivity contribution in [3.63, 3.8) is 0 Å². The topological polar surface area (TPSA) is 82.7 Å². The van der Waals surface area contributed by atoms with E-state index in [1.165, 1.54) is 12.4 Å². The number of hydrogen-bond acceptors (Lipinski definition) is 6. The first kappa shape index (κ1) is 13.5. The Bertz CT molecular complexity index is 668. The molecular formula is C14H17N7. The lowest BCUT2D eigenvalue weighted by molar-refractivity contribution is 0.381. The third-order valence-electron chi connectivity index (χ3n) is 3.68. The van der Waals surface area contributed by atoms with Crippen LogP contribution in [0.2, 0.25) is 0 Å². The van der Waals surface area contributed by atoms with E-state index in [0.717, 1.165) is 30.9 Å². The molecule has 0 spiro atoms. The standard InChI is InChI=1S/C14H17N7/c1-10-13(18-14-16-6-11(5-15)7-17-14)9-21(19-10)12-3-4-20(2)8-12/h6-7,9,12H,3-4,8H2,1-2H3,(H,16,17,18). The molecule has 0 aliphatic carbocycles. The fourth-order valence-electron chi connectivity index (χ4n) is 2.49. The molecule has 0 amide bonds. The molecular weight excluding hydrogens is 266 g/mol. The minimum absolute atomic E-state index is 0.422.